The van der Waals surface area contributed by atoms with Crippen molar-refractivity contribution in [3.05, 3.63) is 50.9 Å². The standard InChI is InChI=1S/C18H8BrF3N2O2S/c19-12-6-15-14(25-8-26-15)4-9(12)3-10(7-23)17-24-13-5-11(18(20,21)22)1-2-16(13)27-17/h1-6H,8H2/b10-3+. The molecule has 3 aromatic rings. The second-order valence-corrected chi connectivity index (χ2v) is 7.48. The van der Waals surface area contributed by atoms with E-state index in [2.05, 4.69) is 27.0 Å². The van der Waals surface area contributed by atoms with Crippen LogP contribution in [0.25, 0.3) is 21.9 Å². The molecule has 0 saturated heterocycles. The molecule has 1 aliphatic heterocycles. The number of nitriles is 1. The minimum atomic E-state index is -4.44. The van der Waals surface area contributed by atoms with Crippen LogP contribution >= 0.6 is 27.3 Å². The molecule has 2 aromatic carbocycles. The van der Waals surface area contributed by atoms with Crippen LogP contribution in [0, 0.1) is 11.3 Å². The molecule has 0 bridgehead atoms. The molecule has 0 fully saturated rings. The van der Waals surface area contributed by atoms with E-state index in [-0.39, 0.29) is 17.9 Å². The molecular weight excluding hydrogens is 445 g/mol. The van der Waals surface area contributed by atoms with Gasteiger partial charge in [0.25, 0.3) is 0 Å². The SMILES string of the molecule is N#C/C(=C\c1cc2c(cc1Br)OCO2)c1nc2cc(C(F)(F)F)ccc2s1. The number of thiazole rings is 1. The second kappa shape index (κ2) is 6.55. The van der Waals surface area contributed by atoms with Crippen molar-refractivity contribution in [3.8, 4) is 17.6 Å². The minimum Gasteiger partial charge on any atom is -0.454 e. The van der Waals surface area contributed by atoms with Crippen LogP contribution in [0.1, 0.15) is 16.1 Å². The Morgan fingerprint density at radius 2 is 1.96 bits per heavy atom. The van der Waals surface area contributed by atoms with E-state index in [1.54, 1.807) is 18.2 Å². The lowest BCUT2D eigenvalue weighted by atomic mass is 10.1. The highest BCUT2D eigenvalue weighted by molar-refractivity contribution is 9.10. The molecule has 1 aliphatic rings. The molecule has 9 heteroatoms. The van der Waals surface area contributed by atoms with Gasteiger partial charge in [-0.15, -0.1) is 11.3 Å². The van der Waals surface area contributed by atoms with Crippen molar-refractivity contribution < 1.29 is 22.6 Å². The quantitative estimate of drug-likeness (QED) is 0.456. The van der Waals surface area contributed by atoms with Gasteiger partial charge in [-0.2, -0.15) is 18.4 Å². The first-order valence-electron chi connectivity index (χ1n) is 7.54. The van der Waals surface area contributed by atoms with Gasteiger partial charge in [0.2, 0.25) is 6.79 Å². The summed E-state index contributed by atoms with van der Waals surface area (Å²) in [7, 11) is 0. The number of alkyl halides is 3. The summed E-state index contributed by atoms with van der Waals surface area (Å²) in [5, 5.41) is 9.88. The van der Waals surface area contributed by atoms with Gasteiger partial charge in [0, 0.05) is 4.47 Å². The number of aromatic nitrogens is 1. The first-order chi connectivity index (χ1) is 12.8. The van der Waals surface area contributed by atoms with Crippen molar-refractivity contribution >= 4 is 49.1 Å². The van der Waals surface area contributed by atoms with Gasteiger partial charge in [0.05, 0.1) is 21.4 Å². The number of ether oxygens (including phenoxy) is 2. The molecule has 0 N–H and O–H groups in total. The van der Waals surface area contributed by atoms with Gasteiger partial charge >= 0.3 is 6.18 Å². The van der Waals surface area contributed by atoms with Gasteiger partial charge in [-0.25, -0.2) is 4.98 Å². The maximum atomic E-state index is 12.9. The predicted octanol–water partition coefficient (Wildman–Crippen LogP) is 5.87. The molecule has 0 saturated carbocycles. The number of halogens is 4. The van der Waals surface area contributed by atoms with Crippen molar-refractivity contribution in [2.24, 2.45) is 0 Å². The Hall–Kier alpha value is -2.57. The Labute approximate surface area is 163 Å². The van der Waals surface area contributed by atoms with Crippen LogP contribution in [0.15, 0.2) is 34.8 Å². The van der Waals surface area contributed by atoms with Gasteiger partial charge in [-0.05, 0) is 42.0 Å². The summed E-state index contributed by atoms with van der Waals surface area (Å²) in [6.07, 6.45) is -2.84. The van der Waals surface area contributed by atoms with Gasteiger partial charge in [0.1, 0.15) is 11.1 Å². The molecule has 4 rings (SSSR count). The van der Waals surface area contributed by atoms with Crippen molar-refractivity contribution in [2.75, 3.05) is 6.79 Å². The van der Waals surface area contributed by atoms with Gasteiger partial charge in [-0.3, -0.25) is 0 Å². The van der Waals surface area contributed by atoms with Crippen molar-refractivity contribution in [3.63, 3.8) is 0 Å². The maximum absolute atomic E-state index is 12.9. The third-order valence-electron chi connectivity index (χ3n) is 3.86. The first-order valence-corrected chi connectivity index (χ1v) is 9.15. The van der Waals surface area contributed by atoms with Gasteiger partial charge in [0.15, 0.2) is 11.5 Å². The topological polar surface area (TPSA) is 55.1 Å². The summed E-state index contributed by atoms with van der Waals surface area (Å²) in [6.45, 7) is 0.124. The molecule has 0 atom stereocenters. The summed E-state index contributed by atoms with van der Waals surface area (Å²) in [4.78, 5) is 4.21. The fraction of sp³-hybridized carbons (Fsp3) is 0.111. The van der Waals surface area contributed by atoms with Crippen molar-refractivity contribution in [1.82, 2.24) is 4.98 Å². The molecule has 4 nitrogen and oxygen atoms in total. The average molecular weight is 453 g/mol. The zero-order chi connectivity index (χ0) is 19.2. The van der Waals surface area contributed by atoms with E-state index in [9.17, 15) is 18.4 Å². The van der Waals surface area contributed by atoms with E-state index in [4.69, 9.17) is 9.47 Å². The predicted molar refractivity (Wildman–Crippen MR) is 98.4 cm³/mol. The van der Waals surface area contributed by atoms with Crippen LogP contribution in [-0.4, -0.2) is 11.8 Å². The normalized spacial score (nSPS) is 13.8. The highest BCUT2D eigenvalue weighted by Gasteiger charge is 2.30. The van der Waals surface area contributed by atoms with Crippen LogP contribution in [0.5, 0.6) is 11.5 Å². The van der Waals surface area contributed by atoms with Crippen molar-refractivity contribution in [1.29, 1.82) is 5.26 Å². The lowest BCUT2D eigenvalue weighted by Crippen LogP contribution is -2.03. The van der Waals surface area contributed by atoms with Crippen LogP contribution in [0.3, 0.4) is 0 Å². The Morgan fingerprint density at radius 1 is 1.22 bits per heavy atom. The number of allylic oxidation sites excluding steroid dienone is 1. The molecule has 27 heavy (non-hydrogen) atoms. The van der Waals surface area contributed by atoms with Crippen molar-refractivity contribution in [2.45, 2.75) is 6.18 Å². The average Bonchev–Trinajstić information content (AvgIpc) is 3.23. The van der Waals surface area contributed by atoms with E-state index in [0.29, 0.717) is 31.2 Å². The highest BCUT2D eigenvalue weighted by Crippen LogP contribution is 2.39. The number of hydrogen-bond acceptors (Lipinski definition) is 5. The number of fused-ring (bicyclic) bond motifs is 2. The molecule has 2 heterocycles. The molecule has 0 spiro atoms. The molecule has 0 unspecified atom stereocenters. The van der Waals surface area contributed by atoms with E-state index >= 15 is 0 Å². The monoisotopic (exact) mass is 452 g/mol. The number of hydrogen-bond donors (Lipinski definition) is 0. The highest BCUT2D eigenvalue weighted by atomic mass is 79.9. The summed E-state index contributed by atoms with van der Waals surface area (Å²) in [5.41, 5.74) is 0.346. The number of nitrogens with zero attached hydrogens (tertiary/aromatic N) is 2. The van der Waals surface area contributed by atoms with E-state index in [0.717, 1.165) is 23.5 Å². The Kier molecular flexibility index (Phi) is 4.32. The van der Waals surface area contributed by atoms with Crippen LogP contribution in [0.4, 0.5) is 13.2 Å². The fourth-order valence-electron chi connectivity index (χ4n) is 2.56. The fourth-order valence-corrected chi connectivity index (χ4v) is 3.91. The number of rotatable bonds is 2. The summed E-state index contributed by atoms with van der Waals surface area (Å²) in [6, 6.07) is 8.88. The van der Waals surface area contributed by atoms with Gasteiger partial charge < -0.3 is 9.47 Å². The van der Waals surface area contributed by atoms with E-state index in [1.807, 2.05) is 0 Å². The molecular formula is C18H8BrF3N2O2S. The minimum absolute atomic E-state index is 0.124. The Morgan fingerprint density at radius 3 is 2.67 bits per heavy atom. The molecule has 0 amide bonds. The molecule has 0 aliphatic carbocycles. The van der Waals surface area contributed by atoms with E-state index < -0.39 is 11.7 Å². The summed E-state index contributed by atoms with van der Waals surface area (Å²) in [5.74, 6) is 1.15. The summed E-state index contributed by atoms with van der Waals surface area (Å²) < 4.78 is 50.5. The maximum Gasteiger partial charge on any atom is 0.416 e. The third kappa shape index (κ3) is 3.38. The summed E-state index contributed by atoms with van der Waals surface area (Å²) >= 11 is 4.57. The Bertz CT molecular complexity index is 1130. The zero-order valence-corrected chi connectivity index (χ0v) is 15.7. The third-order valence-corrected chi connectivity index (χ3v) is 5.61. The number of benzene rings is 2. The van der Waals surface area contributed by atoms with Crippen LogP contribution in [0.2, 0.25) is 0 Å². The van der Waals surface area contributed by atoms with Crippen LogP contribution in [-0.2, 0) is 6.18 Å². The Balaban J connectivity index is 1.77. The molecule has 1 aromatic heterocycles. The largest absolute Gasteiger partial charge is 0.454 e. The first kappa shape index (κ1) is 17.8. The van der Waals surface area contributed by atoms with Gasteiger partial charge in [-0.1, -0.05) is 15.9 Å². The smallest absolute Gasteiger partial charge is 0.416 e. The van der Waals surface area contributed by atoms with Crippen LogP contribution < -0.4 is 9.47 Å². The lowest BCUT2D eigenvalue weighted by Gasteiger charge is -2.04. The molecule has 136 valence electrons. The zero-order valence-electron chi connectivity index (χ0n) is 13.3. The molecule has 0 radical (unpaired) electrons. The van der Waals surface area contributed by atoms with E-state index in [1.165, 1.54) is 6.07 Å². The lowest BCUT2D eigenvalue weighted by molar-refractivity contribution is -0.137. The second-order valence-electron chi connectivity index (χ2n) is 5.60.